The van der Waals surface area contributed by atoms with E-state index >= 15 is 0 Å². The minimum atomic E-state index is -4.79. The summed E-state index contributed by atoms with van der Waals surface area (Å²) in [6, 6.07) is 7.52. The lowest BCUT2D eigenvalue weighted by atomic mass is 10.0. The fourth-order valence-corrected chi connectivity index (χ4v) is 1.80. The minimum Gasteiger partial charge on any atom is -0.388 e. The van der Waals surface area contributed by atoms with E-state index < -0.39 is 23.7 Å². The van der Waals surface area contributed by atoms with Gasteiger partial charge in [-0.15, -0.1) is 0 Å². The highest BCUT2D eigenvalue weighted by Gasteiger charge is 2.34. The zero-order valence-corrected chi connectivity index (χ0v) is 10.2. The van der Waals surface area contributed by atoms with Crippen molar-refractivity contribution in [1.82, 2.24) is 4.98 Å². The summed E-state index contributed by atoms with van der Waals surface area (Å²) >= 11 is 0. The van der Waals surface area contributed by atoms with E-state index in [4.69, 9.17) is 0 Å². The predicted molar refractivity (Wildman–Crippen MR) is 64.3 cm³/mol. The van der Waals surface area contributed by atoms with Crippen LogP contribution >= 0.6 is 0 Å². The van der Waals surface area contributed by atoms with Crippen molar-refractivity contribution < 1.29 is 22.7 Å². The molecule has 20 heavy (non-hydrogen) atoms. The van der Waals surface area contributed by atoms with Crippen LogP contribution in [-0.2, 0) is 12.6 Å². The highest BCUT2D eigenvalue weighted by molar-refractivity contribution is 5.29. The van der Waals surface area contributed by atoms with Gasteiger partial charge in [0.15, 0.2) is 0 Å². The second-order valence-corrected chi connectivity index (χ2v) is 4.28. The van der Waals surface area contributed by atoms with Crippen LogP contribution in [0.5, 0.6) is 0 Å². The van der Waals surface area contributed by atoms with Crippen molar-refractivity contribution in [3.8, 4) is 0 Å². The molecule has 0 aliphatic rings. The molecule has 0 fully saturated rings. The molecule has 0 saturated carbocycles. The molecule has 1 atom stereocenters. The molecule has 1 N–H and O–H groups in total. The summed E-state index contributed by atoms with van der Waals surface area (Å²) in [7, 11) is 0. The molecule has 1 unspecified atom stereocenters. The third-order valence-electron chi connectivity index (χ3n) is 2.81. The van der Waals surface area contributed by atoms with Crippen LogP contribution in [0.1, 0.15) is 22.9 Å². The summed E-state index contributed by atoms with van der Waals surface area (Å²) in [6.07, 6.45) is -4.38. The lowest BCUT2D eigenvalue weighted by Crippen LogP contribution is -2.11. The summed E-state index contributed by atoms with van der Waals surface area (Å²) in [5.41, 5.74) is -0.836. The maximum atomic E-state index is 13.1. The normalized spacial score (nSPS) is 13.2. The Balaban J connectivity index is 2.25. The topological polar surface area (TPSA) is 33.1 Å². The summed E-state index contributed by atoms with van der Waals surface area (Å²) in [6.45, 7) is 0. The van der Waals surface area contributed by atoms with Gasteiger partial charge in [0.25, 0.3) is 0 Å². The van der Waals surface area contributed by atoms with Crippen LogP contribution < -0.4 is 0 Å². The van der Waals surface area contributed by atoms with Gasteiger partial charge in [-0.1, -0.05) is 12.1 Å². The Kier molecular flexibility index (Phi) is 4.04. The van der Waals surface area contributed by atoms with Crippen molar-refractivity contribution in [1.29, 1.82) is 0 Å². The summed E-state index contributed by atoms with van der Waals surface area (Å²) in [5.74, 6) is -1.36. The van der Waals surface area contributed by atoms with E-state index in [0.29, 0.717) is 17.8 Å². The predicted octanol–water partition coefficient (Wildman–Crippen LogP) is 3.52. The number of aromatic nitrogens is 1. The first-order chi connectivity index (χ1) is 9.38. The number of benzene rings is 1. The molecule has 0 spiro atoms. The van der Waals surface area contributed by atoms with Gasteiger partial charge in [0.1, 0.15) is 5.82 Å². The Hall–Kier alpha value is -1.95. The zero-order chi connectivity index (χ0) is 14.8. The van der Waals surface area contributed by atoms with Crippen molar-refractivity contribution in [3.05, 3.63) is 65.2 Å². The van der Waals surface area contributed by atoms with Crippen LogP contribution in [-0.4, -0.2) is 10.1 Å². The van der Waals surface area contributed by atoms with E-state index in [1.165, 1.54) is 6.20 Å². The van der Waals surface area contributed by atoms with Crippen molar-refractivity contribution in [2.24, 2.45) is 0 Å². The first-order valence-corrected chi connectivity index (χ1v) is 5.82. The highest BCUT2D eigenvalue weighted by atomic mass is 19.4. The van der Waals surface area contributed by atoms with Gasteiger partial charge in [0.2, 0.25) is 0 Å². The number of alkyl halides is 3. The number of pyridine rings is 1. The Labute approximate surface area is 112 Å². The van der Waals surface area contributed by atoms with Crippen LogP contribution in [0, 0.1) is 5.82 Å². The molecule has 6 heteroatoms. The van der Waals surface area contributed by atoms with E-state index in [1.54, 1.807) is 18.2 Å². The maximum absolute atomic E-state index is 13.1. The Morgan fingerprint density at radius 2 is 1.90 bits per heavy atom. The molecule has 0 amide bonds. The number of halogens is 4. The molecular weight excluding hydrogens is 274 g/mol. The highest BCUT2D eigenvalue weighted by Crippen LogP contribution is 2.33. The Morgan fingerprint density at radius 3 is 2.50 bits per heavy atom. The van der Waals surface area contributed by atoms with E-state index in [9.17, 15) is 22.7 Å². The van der Waals surface area contributed by atoms with Gasteiger partial charge in [0.05, 0.1) is 11.7 Å². The SMILES string of the molecule is OC(Cc1ccccn1)c1ccc(F)c(C(F)(F)F)c1. The smallest absolute Gasteiger partial charge is 0.388 e. The number of aliphatic hydroxyl groups is 1. The Bertz CT molecular complexity index is 583. The standard InChI is InChI=1S/C14H11F4NO/c15-12-5-4-9(7-11(12)14(16,17)18)13(20)8-10-3-1-2-6-19-10/h1-7,13,20H,8H2. The molecule has 106 valence electrons. The molecule has 0 radical (unpaired) electrons. The van der Waals surface area contributed by atoms with Crippen LogP contribution in [0.2, 0.25) is 0 Å². The van der Waals surface area contributed by atoms with Gasteiger partial charge in [0, 0.05) is 18.3 Å². The first kappa shape index (κ1) is 14.5. The van der Waals surface area contributed by atoms with Crippen LogP contribution in [0.15, 0.2) is 42.6 Å². The molecule has 0 aliphatic carbocycles. The van der Waals surface area contributed by atoms with Crippen LogP contribution in [0.25, 0.3) is 0 Å². The minimum absolute atomic E-state index is 0.00405. The lowest BCUT2D eigenvalue weighted by Gasteiger charge is -2.14. The van der Waals surface area contributed by atoms with E-state index in [2.05, 4.69) is 4.98 Å². The molecular formula is C14H11F4NO. The van der Waals surface area contributed by atoms with E-state index in [0.717, 1.165) is 6.07 Å². The maximum Gasteiger partial charge on any atom is 0.419 e. The molecule has 2 rings (SSSR count). The monoisotopic (exact) mass is 285 g/mol. The van der Waals surface area contributed by atoms with Gasteiger partial charge in [-0.2, -0.15) is 13.2 Å². The van der Waals surface area contributed by atoms with Gasteiger partial charge in [-0.3, -0.25) is 4.98 Å². The van der Waals surface area contributed by atoms with Gasteiger partial charge >= 0.3 is 6.18 Å². The fraction of sp³-hybridized carbons (Fsp3) is 0.214. The average molecular weight is 285 g/mol. The number of rotatable bonds is 3. The van der Waals surface area contributed by atoms with Gasteiger partial charge < -0.3 is 5.11 Å². The summed E-state index contributed by atoms with van der Waals surface area (Å²) in [4.78, 5) is 3.98. The van der Waals surface area contributed by atoms with Crippen molar-refractivity contribution in [3.63, 3.8) is 0 Å². The van der Waals surface area contributed by atoms with Crippen LogP contribution in [0.3, 0.4) is 0 Å². The second-order valence-electron chi connectivity index (χ2n) is 4.28. The third kappa shape index (κ3) is 3.33. The number of aliphatic hydroxyl groups excluding tert-OH is 1. The molecule has 2 nitrogen and oxygen atoms in total. The number of hydrogen-bond acceptors (Lipinski definition) is 2. The van der Waals surface area contributed by atoms with Crippen molar-refractivity contribution in [2.45, 2.75) is 18.7 Å². The zero-order valence-electron chi connectivity index (χ0n) is 10.2. The Morgan fingerprint density at radius 1 is 1.15 bits per heavy atom. The number of nitrogens with zero attached hydrogens (tertiary/aromatic N) is 1. The van der Waals surface area contributed by atoms with Crippen molar-refractivity contribution >= 4 is 0 Å². The summed E-state index contributed by atoms with van der Waals surface area (Å²) < 4.78 is 50.9. The molecule has 0 bridgehead atoms. The molecule has 0 saturated heterocycles. The van der Waals surface area contributed by atoms with Crippen LogP contribution in [0.4, 0.5) is 17.6 Å². The van der Waals surface area contributed by atoms with E-state index in [1.807, 2.05) is 0 Å². The molecule has 0 aliphatic heterocycles. The largest absolute Gasteiger partial charge is 0.419 e. The molecule has 1 aromatic carbocycles. The summed E-state index contributed by atoms with van der Waals surface area (Å²) in [5, 5.41) is 9.93. The molecule has 2 aromatic rings. The van der Waals surface area contributed by atoms with Gasteiger partial charge in [-0.05, 0) is 29.8 Å². The average Bonchev–Trinajstić information content (AvgIpc) is 2.39. The third-order valence-corrected chi connectivity index (χ3v) is 2.81. The van der Waals surface area contributed by atoms with Gasteiger partial charge in [-0.25, -0.2) is 4.39 Å². The molecule has 1 heterocycles. The van der Waals surface area contributed by atoms with Crippen molar-refractivity contribution in [2.75, 3.05) is 0 Å². The molecule has 1 aromatic heterocycles. The van der Waals surface area contributed by atoms with E-state index in [-0.39, 0.29) is 12.0 Å². The quantitative estimate of drug-likeness (QED) is 0.875. The first-order valence-electron chi connectivity index (χ1n) is 5.82. The number of hydrogen-bond donors (Lipinski definition) is 1. The second kappa shape index (κ2) is 5.58. The lowest BCUT2D eigenvalue weighted by molar-refractivity contribution is -0.140. The fourth-order valence-electron chi connectivity index (χ4n) is 1.80.